The number of hydrogen-bond acceptors (Lipinski definition) is 5. The van der Waals surface area contributed by atoms with Crippen LogP contribution in [0.3, 0.4) is 0 Å². The van der Waals surface area contributed by atoms with Crippen molar-refractivity contribution in [1.82, 2.24) is 4.98 Å². The largest absolute Gasteiger partial charge is 0.481 e. The van der Waals surface area contributed by atoms with Gasteiger partial charge in [0.05, 0.1) is 23.4 Å². The predicted octanol–water partition coefficient (Wildman–Crippen LogP) is 1.79. The highest BCUT2D eigenvalue weighted by Gasteiger charge is 2.21. The molecule has 0 bridgehead atoms. The highest BCUT2D eigenvalue weighted by atomic mass is 32.2. The van der Waals surface area contributed by atoms with E-state index in [9.17, 15) is 12.8 Å². The molecule has 7 heteroatoms. The van der Waals surface area contributed by atoms with Crippen molar-refractivity contribution in [2.75, 3.05) is 12.8 Å². The molecule has 0 radical (unpaired) electrons. The normalized spacial score (nSPS) is 11.3. The molecule has 0 atom stereocenters. The molecule has 0 unspecified atom stereocenters. The minimum absolute atomic E-state index is 0.00857. The van der Waals surface area contributed by atoms with Crippen LogP contribution in [-0.4, -0.2) is 20.5 Å². The molecule has 2 aromatic rings. The van der Waals surface area contributed by atoms with Gasteiger partial charge in [-0.15, -0.1) is 0 Å². The molecule has 106 valence electrons. The number of sulfone groups is 1. The van der Waals surface area contributed by atoms with Gasteiger partial charge in [0, 0.05) is 11.8 Å². The highest BCUT2D eigenvalue weighted by Crippen LogP contribution is 2.26. The van der Waals surface area contributed by atoms with E-state index in [0.29, 0.717) is 5.56 Å². The Bertz CT molecular complexity index is 732. The summed E-state index contributed by atoms with van der Waals surface area (Å²) in [6.45, 7) is 0. The van der Waals surface area contributed by atoms with E-state index in [1.807, 2.05) is 0 Å². The molecular formula is C13H13FN2O3S. The summed E-state index contributed by atoms with van der Waals surface area (Å²) in [4.78, 5) is 3.69. The summed E-state index contributed by atoms with van der Waals surface area (Å²) in [5.74, 6) is -0.806. The van der Waals surface area contributed by atoms with Gasteiger partial charge >= 0.3 is 0 Å². The van der Waals surface area contributed by atoms with Crippen molar-refractivity contribution >= 4 is 15.5 Å². The minimum atomic E-state index is -3.78. The highest BCUT2D eigenvalue weighted by molar-refractivity contribution is 7.90. The van der Waals surface area contributed by atoms with Crippen molar-refractivity contribution < 1.29 is 17.5 Å². The molecule has 0 saturated heterocycles. The first kappa shape index (κ1) is 14.3. The lowest BCUT2D eigenvalue weighted by Crippen LogP contribution is -2.09. The van der Waals surface area contributed by atoms with Gasteiger partial charge < -0.3 is 10.5 Å². The number of nitrogens with two attached hydrogens (primary N) is 1. The fraction of sp³-hybridized carbons (Fsp3) is 0.154. The first-order valence-electron chi connectivity index (χ1n) is 5.69. The lowest BCUT2D eigenvalue weighted by Gasteiger charge is -2.10. The zero-order chi connectivity index (χ0) is 14.8. The third-order valence-electron chi connectivity index (χ3n) is 2.70. The fourth-order valence-electron chi connectivity index (χ4n) is 1.78. The van der Waals surface area contributed by atoms with E-state index >= 15 is 0 Å². The summed E-state index contributed by atoms with van der Waals surface area (Å²) in [5, 5.41) is 0. The second kappa shape index (κ2) is 5.46. The quantitative estimate of drug-likeness (QED) is 0.870. The Morgan fingerprint density at radius 3 is 2.80 bits per heavy atom. The molecule has 20 heavy (non-hydrogen) atoms. The Hall–Kier alpha value is -2.15. The molecule has 5 nitrogen and oxygen atoms in total. The van der Waals surface area contributed by atoms with Gasteiger partial charge in [-0.1, -0.05) is 6.07 Å². The van der Waals surface area contributed by atoms with Crippen molar-refractivity contribution in [3.05, 3.63) is 47.9 Å². The maximum Gasteiger partial charge on any atom is 0.217 e. The van der Waals surface area contributed by atoms with Gasteiger partial charge in [-0.2, -0.15) is 0 Å². The lowest BCUT2D eigenvalue weighted by atomic mass is 10.3. The first-order valence-corrected chi connectivity index (χ1v) is 7.35. The van der Waals surface area contributed by atoms with Gasteiger partial charge in [0.1, 0.15) is 5.82 Å². The minimum Gasteiger partial charge on any atom is -0.481 e. The number of anilines is 1. The average Bonchev–Trinajstić information content (AvgIpc) is 2.41. The standard InChI is InChI=1S/C13H13FN2O3S/c1-19-13-9(3-2-6-16-13)8-20(17,18)12-7-10(14)4-5-11(12)15/h2-7H,8,15H2,1H3. The molecule has 2 rings (SSSR count). The Labute approximate surface area is 116 Å². The van der Waals surface area contributed by atoms with Gasteiger partial charge in [0.25, 0.3) is 0 Å². The number of ether oxygens (including phenoxy) is 1. The number of hydrogen-bond donors (Lipinski definition) is 1. The van der Waals surface area contributed by atoms with E-state index < -0.39 is 15.7 Å². The van der Waals surface area contributed by atoms with Gasteiger partial charge in [0.2, 0.25) is 5.88 Å². The van der Waals surface area contributed by atoms with Crippen molar-refractivity contribution in [2.24, 2.45) is 0 Å². The Kier molecular flexibility index (Phi) is 3.89. The first-order chi connectivity index (χ1) is 9.44. The Morgan fingerprint density at radius 2 is 2.10 bits per heavy atom. The summed E-state index contributed by atoms with van der Waals surface area (Å²) < 4.78 is 42.8. The number of rotatable bonds is 4. The van der Waals surface area contributed by atoms with Crippen LogP contribution in [0.15, 0.2) is 41.4 Å². The third-order valence-corrected chi connectivity index (χ3v) is 4.41. The molecule has 0 spiro atoms. The number of nitrogens with zero attached hydrogens (tertiary/aromatic N) is 1. The number of methoxy groups -OCH3 is 1. The smallest absolute Gasteiger partial charge is 0.217 e. The maximum absolute atomic E-state index is 13.2. The topological polar surface area (TPSA) is 82.3 Å². The van der Waals surface area contributed by atoms with Crippen LogP contribution >= 0.6 is 0 Å². The Morgan fingerprint density at radius 1 is 1.35 bits per heavy atom. The number of benzene rings is 1. The van der Waals surface area contributed by atoms with E-state index in [1.165, 1.54) is 19.4 Å². The van der Waals surface area contributed by atoms with Crippen molar-refractivity contribution in [1.29, 1.82) is 0 Å². The molecule has 0 saturated carbocycles. The van der Waals surface area contributed by atoms with Gasteiger partial charge in [-0.3, -0.25) is 0 Å². The van der Waals surface area contributed by atoms with Crippen molar-refractivity contribution in [2.45, 2.75) is 10.6 Å². The maximum atomic E-state index is 13.2. The molecule has 0 amide bonds. The fourth-order valence-corrected chi connectivity index (χ4v) is 3.28. The molecule has 0 fully saturated rings. The number of halogens is 1. The van der Waals surface area contributed by atoms with Crippen LogP contribution in [0.4, 0.5) is 10.1 Å². The molecule has 2 N–H and O–H groups in total. The van der Waals surface area contributed by atoms with Crippen LogP contribution in [0.1, 0.15) is 5.56 Å². The number of pyridine rings is 1. The zero-order valence-electron chi connectivity index (χ0n) is 10.7. The van der Waals surface area contributed by atoms with Crippen molar-refractivity contribution in [3.8, 4) is 5.88 Å². The number of aromatic nitrogens is 1. The van der Waals surface area contributed by atoms with E-state index in [0.717, 1.165) is 12.1 Å². The van der Waals surface area contributed by atoms with E-state index in [2.05, 4.69) is 4.98 Å². The summed E-state index contributed by atoms with van der Waals surface area (Å²) in [6.07, 6.45) is 1.49. The van der Waals surface area contributed by atoms with E-state index in [1.54, 1.807) is 12.1 Å². The average molecular weight is 296 g/mol. The molecule has 1 heterocycles. The van der Waals surface area contributed by atoms with Gasteiger partial charge in [0.15, 0.2) is 9.84 Å². The molecule has 0 aliphatic rings. The zero-order valence-corrected chi connectivity index (χ0v) is 11.5. The van der Waals surface area contributed by atoms with Crippen LogP contribution in [0.25, 0.3) is 0 Å². The van der Waals surface area contributed by atoms with Crippen LogP contribution < -0.4 is 10.5 Å². The SMILES string of the molecule is COc1ncccc1CS(=O)(=O)c1cc(F)ccc1N. The lowest BCUT2D eigenvalue weighted by molar-refractivity contribution is 0.394. The predicted molar refractivity (Wildman–Crippen MR) is 72.5 cm³/mol. The van der Waals surface area contributed by atoms with Crippen LogP contribution in [0.5, 0.6) is 5.88 Å². The second-order valence-electron chi connectivity index (χ2n) is 4.11. The van der Waals surface area contributed by atoms with Crippen LogP contribution in [0.2, 0.25) is 0 Å². The molecular weight excluding hydrogens is 283 g/mol. The third kappa shape index (κ3) is 2.88. The molecule has 1 aromatic carbocycles. The van der Waals surface area contributed by atoms with Crippen LogP contribution in [0, 0.1) is 5.82 Å². The summed E-state index contributed by atoms with van der Waals surface area (Å²) in [6, 6.07) is 6.43. The molecule has 0 aliphatic carbocycles. The van der Waals surface area contributed by atoms with Gasteiger partial charge in [-0.05, 0) is 24.3 Å². The summed E-state index contributed by atoms with van der Waals surface area (Å²) >= 11 is 0. The van der Waals surface area contributed by atoms with E-state index in [4.69, 9.17) is 10.5 Å². The van der Waals surface area contributed by atoms with Gasteiger partial charge in [-0.25, -0.2) is 17.8 Å². The van der Waals surface area contributed by atoms with Crippen LogP contribution in [-0.2, 0) is 15.6 Å². The molecule has 1 aromatic heterocycles. The molecule has 0 aliphatic heterocycles. The monoisotopic (exact) mass is 296 g/mol. The number of nitrogen functional groups attached to an aromatic ring is 1. The van der Waals surface area contributed by atoms with Crippen molar-refractivity contribution in [3.63, 3.8) is 0 Å². The second-order valence-corrected chi connectivity index (χ2v) is 6.07. The summed E-state index contributed by atoms with van der Waals surface area (Å²) in [7, 11) is -2.39. The summed E-state index contributed by atoms with van der Waals surface area (Å²) in [5.41, 5.74) is 6.00. The Balaban J connectivity index is 2.43. The van der Waals surface area contributed by atoms with E-state index in [-0.39, 0.29) is 22.2 Å².